The summed E-state index contributed by atoms with van der Waals surface area (Å²) in [5.74, 6) is 3.58. The van der Waals surface area contributed by atoms with Gasteiger partial charge in [-0.2, -0.15) is 11.8 Å². The molecule has 0 spiro atoms. The Bertz CT molecular complexity index is 389. The van der Waals surface area contributed by atoms with E-state index in [0.29, 0.717) is 23.8 Å². The van der Waals surface area contributed by atoms with Crippen LogP contribution in [-0.4, -0.2) is 29.4 Å². The SMILES string of the molecule is COc1cccnc1C(=O)CC1CCSCC1. The van der Waals surface area contributed by atoms with Crippen LogP contribution in [0.15, 0.2) is 18.3 Å². The largest absolute Gasteiger partial charge is 0.494 e. The van der Waals surface area contributed by atoms with Crippen LogP contribution in [0.5, 0.6) is 5.75 Å². The first-order valence-electron chi connectivity index (χ1n) is 5.91. The Morgan fingerprint density at radius 3 is 3.00 bits per heavy atom. The lowest BCUT2D eigenvalue weighted by Crippen LogP contribution is -2.15. The minimum atomic E-state index is 0.111. The Morgan fingerprint density at radius 2 is 2.29 bits per heavy atom. The molecule has 2 heterocycles. The van der Waals surface area contributed by atoms with Gasteiger partial charge in [0.15, 0.2) is 5.78 Å². The monoisotopic (exact) mass is 251 g/mol. The Kier molecular flexibility index (Phi) is 4.42. The van der Waals surface area contributed by atoms with E-state index in [4.69, 9.17) is 4.74 Å². The zero-order chi connectivity index (χ0) is 12.1. The molecular formula is C13H17NO2S. The molecule has 1 aromatic rings. The molecule has 2 rings (SSSR count). The highest BCUT2D eigenvalue weighted by atomic mass is 32.2. The Balaban J connectivity index is 2.03. The van der Waals surface area contributed by atoms with Gasteiger partial charge in [0.05, 0.1) is 7.11 Å². The van der Waals surface area contributed by atoms with Gasteiger partial charge >= 0.3 is 0 Å². The number of ketones is 1. The zero-order valence-electron chi connectivity index (χ0n) is 10.0. The Morgan fingerprint density at radius 1 is 1.53 bits per heavy atom. The van der Waals surface area contributed by atoms with Gasteiger partial charge in [0, 0.05) is 12.6 Å². The van der Waals surface area contributed by atoms with Crippen molar-refractivity contribution in [3.05, 3.63) is 24.0 Å². The van der Waals surface area contributed by atoms with Gasteiger partial charge in [0.25, 0.3) is 0 Å². The molecule has 17 heavy (non-hydrogen) atoms. The maximum atomic E-state index is 12.1. The van der Waals surface area contributed by atoms with Gasteiger partial charge in [-0.15, -0.1) is 0 Å². The first-order valence-corrected chi connectivity index (χ1v) is 7.06. The number of carbonyl (C=O) groups excluding carboxylic acids is 1. The minimum Gasteiger partial charge on any atom is -0.494 e. The smallest absolute Gasteiger partial charge is 0.185 e. The number of aromatic nitrogens is 1. The van der Waals surface area contributed by atoms with Gasteiger partial charge in [-0.05, 0) is 42.4 Å². The topological polar surface area (TPSA) is 39.2 Å². The van der Waals surface area contributed by atoms with Gasteiger partial charge in [0.1, 0.15) is 11.4 Å². The number of methoxy groups -OCH3 is 1. The third-order valence-corrected chi connectivity index (χ3v) is 4.12. The number of pyridine rings is 1. The number of hydrogen-bond donors (Lipinski definition) is 0. The predicted molar refractivity (Wildman–Crippen MR) is 69.8 cm³/mol. The second-order valence-corrected chi connectivity index (χ2v) is 5.46. The fraction of sp³-hybridized carbons (Fsp3) is 0.538. The molecule has 0 bridgehead atoms. The van der Waals surface area contributed by atoms with Crippen molar-refractivity contribution in [3.63, 3.8) is 0 Å². The fourth-order valence-corrected chi connectivity index (χ4v) is 3.28. The van der Waals surface area contributed by atoms with Gasteiger partial charge in [-0.1, -0.05) is 0 Å². The number of Topliss-reactive ketones (excluding diaryl/α,β-unsaturated/α-hetero) is 1. The number of thioether (sulfide) groups is 1. The summed E-state index contributed by atoms with van der Waals surface area (Å²) in [6, 6.07) is 3.57. The van der Waals surface area contributed by atoms with Gasteiger partial charge in [-0.25, -0.2) is 4.98 Å². The van der Waals surface area contributed by atoms with E-state index < -0.39 is 0 Å². The molecule has 1 aliphatic rings. The normalized spacial score (nSPS) is 16.8. The maximum absolute atomic E-state index is 12.1. The maximum Gasteiger partial charge on any atom is 0.185 e. The van der Waals surface area contributed by atoms with Crippen LogP contribution < -0.4 is 4.74 Å². The van der Waals surface area contributed by atoms with E-state index in [0.717, 1.165) is 12.8 Å². The molecule has 0 aromatic carbocycles. The van der Waals surface area contributed by atoms with E-state index in [1.807, 2.05) is 11.8 Å². The highest BCUT2D eigenvalue weighted by Crippen LogP contribution is 2.27. The van der Waals surface area contributed by atoms with Gasteiger partial charge in [0.2, 0.25) is 0 Å². The molecule has 3 nitrogen and oxygen atoms in total. The minimum absolute atomic E-state index is 0.111. The lowest BCUT2D eigenvalue weighted by atomic mass is 9.95. The first kappa shape index (κ1) is 12.4. The van der Waals surface area contributed by atoms with Crippen LogP contribution in [0.4, 0.5) is 0 Å². The second-order valence-electron chi connectivity index (χ2n) is 4.24. The summed E-state index contributed by atoms with van der Waals surface area (Å²) < 4.78 is 5.17. The molecule has 0 atom stereocenters. The number of carbonyl (C=O) groups is 1. The molecule has 1 aliphatic heterocycles. The van der Waals surface area contributed by atoms with Crippen LogP contribution in [0, 0.1) is 5.92 Å². The summed E-state index contributed by atoms with van der Waals surface area (Å²) >= 11 is 1.98. The van der Waals surface area contributed by atoms with Crippen LogP contribution in [0.2, 0.25) is 0 Å². The van der Waals surface area contributed by atoms with Gasteiger partial charge < -0.3 is 4.74 Å². The summed E-state index contributed by atoms with van der Waals surface area (Å²) in [6.07, 6.45) is 4.54. The van der Waals surface area contributed by atoms with Crippen LogP contribution in [0.3, 0.4) is 0 Å². The first-order chi connectivity index (χ1) is 8.31. The molecule has 92 valence electrons. The van der Waals surface area contributed by atoms with Crippen molar-refractivity contribution in [1.29, 1.82) is 0 Å². The summed E-state index contributed by atoms with van der Waals surface area (Å²) in [6.45, 7) is 0. The molecule has 0 unspecified atom stereocenters. The van der Waals surface area contributed by atoms with E-state index in [-0.39, 0.29) is 5.78 Å². The molecule has 1 saturated heterocycles. The standard InChI is InChI=1S/C13H17NO2S/c1-16-12-3-2-6-14-13(12)11(15)9-10-4-7-17-8-5-10/h2-3,6,10H,4-5,7-9H2,1H3. The zero-order valence-corrected chi connectivity index (χ0v) is 10.8. The summed E-state index contributed by atoms with van der Waals surface area (Å²) in [5, 5.41) is 0. The Hall–Kier alpha value is -1.03. The molecule has 1 fully saturated rings. The van der Waals surface area contributed by atoms with E-state index in [1.54, 1.807) is 25.4 Å². The van der Waals surface area contributed by atoms with Crippen LogP contribution in [0.25, 0.3) is 0 Å². The van der Waals surface area contributed by atoms with Crippen molar-refractivity contribution < 1.29 is 9.53 Å². The predicted octanol–water partition coefficient (Wildman–Crippen LogP) is 2.81. The van der Waals surface area contributed by atoms with Crippen LogP contribution in [-0.2, 0) is 0 Å². The molecule has 0 N–H and O–H groups in total. The average Bonchev–Trinajstić information content (AvgIpc) is 2.40. The number of ether oxygens (including phenoxy) is 1. The molecule has 0 radical (unpaired) electrons. The fourth-order valence-electron chi connectivity index (χ4n) is 2.07. The van der Waals surface area contributed by atoms with E-state index >= 15 is 0 Å². The van der Waals surface area contributed by atoms with Crippen molar-refractivity contribution in [2.24, 2.45) is 5.92 Å². The highest BCUT2D eigenvalue weighted by Gasteiger charge is 2.20. The van der Waals surface area contributed by atoms with Crippen LogP contribution >= 0.6 is 11.8 Å². The summed E-state index contributed by atoms with van der Waals surface area (Å²) in [5.41, 5.74) is 0.480. The number of nitrogens with zero attached hydrogens (tertiary/aromatic N) is 1. The molecule has 4 heteroatoms. The number of rotatable bonds is 4. The van der Waals surface area contributed by atoms with Crippen molar-refractivity contribution in [1.82, 2.24) is 4.98 Å². The van der Waals surface area contributed by atoms with Crippen molar-refractivity contribution in [2.45, 2.75) is 19.3 Å². The average molecular weight is 251 g/mol. The molecule has 0 saturated carbocycles. The third kappa shape index (κ3) is 3.22. The lowest BCUT2D eigenvalue weighted by Gasteiger charge is -2.20. The highest BCUT2D eigenvalue weighted by molar-refractivity contribution is 7.99. The van der Waals surface area contributed by atoms with Crippen molar-refractivity contribution in [2.75, 3.05) is 18.6 Å². The third-order valence-electron chi connectivity index (χ3n) is 3.07. The molecular weight excluding hydrogens is 234 g/mol. The second kappa shape index (κ2) is 6.05. The quantitative estimate of drug-likeness (QED) is 0.771. The van der Waals surface area contributed by atoms with Gasteiger partial charge in [-0.3, -0.25) is 4.79 Å². The van der Waals surface area contributed by atoms with Crippen LogP contribution in [0.1, 0.15) is 29.8 Å². The summed E-state index contributed by atoms with van der Waals surface area (Å²) in [4.78, 5) is 16.3. The summed E-state index contributed by atoms with van der Waals surface area (Å²) in [7, 11) is 1.57. The lowest BCUT2D eigenvalue weighted by molar-refractivity contribution is 0.0950. The Labute approximate surface area is 106 Å². The molecule has 1 aromatic heterocycles. The van der Waals surface area contributed by atoms with E-state index in [9.17, 15) is 4.79 Å². The molecule has 0 amide bonds. The van der Waals surface area contributed by atoms with Crippen molar-refractivity contribution in [3.8, 4) is 5.75 Å². The number of hydrogen-bond acceptors (Lipinski definition) is 4. The molecule has 0 aliphatic carbocycles. The van der Waals surface area contributed by atoms with E-state index in [2.05, 4.69) is 4.98 Å². The van der Waals surface area contributed by atoms with E-state index in [1.165, 1.54) is 11.5 Å². The van der Waals surface area contributed by atoms with Crippen molar-refractivity contribution >= 4 is 17.5 Å².